The molecular weight excluding hydrogens is 176 g/mol. The molecule has 1 heterocycles. The average molecular weight is 198 g/mol. The number of amides is 1. The molecule has 1 aliphatic rings. The van der Waals surface area contributed by atoms with Gasteiger partial charge in [-0.05, 0) is 44.7 Å². The van der Waals surface area contributed by atoms with Crippen LogP contribution in [0.15, 0.2) is 0 Å². The molecule has 0 bridgehead atoms. The van der Waals surface area contributed by atoms with Gasteiger partial charge >= 0.3 is 0 Å². The molecule has 14 heavy (non-hydrogen) atoms. The fourth-order valence-electron chi connectivity index (χ4n) is 1.93. The van der Waals surface area contributed by atoms with Gasteiger partial charge in [-0.1, -0.05) is 0 Å². The van der Waals surface area contributed by atoms with Gasteiger partial charge in [-0.25, -0.2) is 0 Å². The maximum Gasteiger partial charge on any atom is 0.222 e. The summed E-state index contributed by atoms with van der Waals surface area (Å²) >= 11 is 0. The van der Waals surface area contributed by atoms with E-state index in [0.29, 0.717) is 0 Å². The molecule has 0 radical (unpaired) electrons. The summed E-state index contributed by atoms with van der Waals surface area (Å²) in [5.74, 6) is 1.02. The molecule has 0 aromatic heterocycles. The van der Waals surface area contributed by atoms with Gasteiger partial charge in [0.15, 0.2) is 0 Å². The second kappa shape index (κ2) is 6.02. The molecule has 0 spiro atoms. The predicted molar refractivity (Wildman–Crippen MR) is 58.1 cm³/mol. The zero-order valence-electron chi connectivity index (χ0n) is 9.38. The first-order valence-corrected chi connectivity index (χ1v) is 5.61. The van der Waals surface area contributed by atoms with E-state index in [1.807, 2.05) is 14.1 Å². The number of nitrogens with one attached hydrogen (secondary N) is 1. The first-order valence-electron chi connectivity index (χ1n) is 5.61. The number of nitrogens with zero attached hydrogens (tertiary/aromatic N) is 1. The summed E-state index contributed by atoms with van der Waals surface area (Å²) in [7, 11) is 3.66. The van der Waals surface area contributed by atoms with E-state index >= 15 is 0 Å². The molecule has 1 atom stereocenters. The minimum Gasteiger partial charge on any atom is -0.349 e. The van der Waals surface area contributed by atoms with Crippen LogP contribution in [0.5, 0.6) is 0 Å². The SMILES string of the molecule is CN(C)C(=O)CCC1CCCNCC1. The maximum atomic E-state index is 11.4. The van der Waals surface area contributed by atoms with E-state index < -0.39 is 0 Å². The van der Waals surface area contributed by atoms with Gasteiger partial charge in [0, 0.05) is 20.5 Å². The van der Waals surface area contributed by atoms with Gasteiger partial charge < -0.3 is 10.2 Å². The van der Waals surface area contributed by atoms with Crippen LogP contribution < -0.4 is 5.32 Å². The summed E-state index contributed by atoms with van der Waals surface area (Å²) in [4.78, 5) is 13.1. The van der Waals surface area contributed by atoms with Crippen LogP contribution in [-0.4, -0.2) is 38.0 Å². The zero-order chi connectivity index (χ0) is 10.4. The summed E-state index contributed by atoms with van der Waals surface area (Å²) < 4.78 is 0. The van der Waals surface area contributed by atoms with E-state index in [0.717, 1.165) is 31.8 Å². The average Bonchev–Trinajstić information content (AvgIpc) is 2.42. The molecular formula is C11H22N2O. The number of carbonyl (C=O) groups excluding carboxylic acids is 1. The van der Waals surface area contributed by atoms with Crippen molar-refractivity contribution in [2.45, 2.75) is 32.1 Å². The van der Waals surface area contributed by atoms with Crippen molar-refractivity contribution < 1.29 is 4.79 Å². The van der Waals surface area contributed by atoms with Gasteiger partial charge in [0.1, 0.15) is 0 Å². The van der Waals surface area contributed by atoms with Crippen molar-refractivity contribution >= 4 is 5.91 Å². The zero-order valence-corrected chi connectivity index (χ0v) is 9.38. The fourth-order valence-corrected chi connectivity index (χ4v) is 1.93. The quantitative estimate of drug-likeness (QED) is 0.740. The topological polar surface area (TPSA) is 32.3 Å². The van der Waals surface area contributed by atoms with Gasteiger partial charge in [0.25, 0.3) is 0 Å². The van der Waals surface area contributed by atoms with Gasteiger partial charge in [0.05, 0.1) is 0 Å². The highest BCUT2D eigenvalue weighted by molar-refractivity contribution is 5.75. The lowest BCUT2D eigenvalue weighted by atomic mass is 9.95. The number of hydrogen-bond acceptors (Lipinski definition) is 2. The van der Waals surface area contributed by atoms with Gasteiger partial charge in [-0.2, -0.15) is 0 Å². The molecule has 1 N–H and O–H groups in total. The highest BCUT2D eigenvalue weighted by Crippen LogP contribution is 2.19. The Hall–Kier alpha value is -0.570. The van der Waals surface area contributed by atoms with E-state index in [4.69, 9.17) is 0 Å². The van der Waals surface area contributed by atoms with Gasteiger partial charge in [-0.15, -0.1) is 0 Å². The summed E-state index contributed by atoms with van der Waals surface area (Å²) in [6.45, 7) is 2.28. The lowest BCUT2D eigenvalue weighted by molar-refractivity contribution is -0.129. The summed E-state index contributed by atoms with van der Waals surface area (Å²) in [6.07, 6.45) is 5.57. The summed E-state index contributed by atoms with van der Waals surface area (Å²) in [5, 5.41) is 3.39. The predicted octanol–water partition coefficient (Wildman–Crippen LogP) is 1.24. The third-order valence-electron chi connectivity index (χ3n) is 2.96. The van der Waals surface area contributed by atoms with Gasteiger partial charge in [-0.3, -0.25) is 4.79 Å². The van der Waals surface area contributed by atoms with Crippen LogP contribution in [0, 0.1) is 5.92 Å². The molecule has 3 heteroatoms. The van der Waals surface area contributed by atoms with Crippen molar-refractivity contribution in [3.63, 3.8) is 0 Å². The highest BCUT2D eigenvalue weighted by Gasteiger charge is 2.13. The minimum absolute atomic E-state index is 0.266. The molecule has 1 aliphatic heterocycles. The second-order valence-corrected chi connectivity index (χ2v) is 4.37. The number of rotatable bonds is 3. The fraction of sp³-hybridized carbons (Fsp3) is 0.909. The second-order valence-electron chi connectivity index (χ2n) is 4.37. The molecule has 1 saturated heterocycles. The normalized spacial score (nSPS) is 22.9. The Bertz CT molecular complexity index is 172. The summed E-state index contributed by atoms with van der Waals surface area (Å²) in [6, 6.07) is 0. The van der Waals surface area contributed by atoms with Crippen molar-refractivity contribution in [1.82, 2.24) is 10.2 Å². The molecule has 0 saturated carbocycles. The van der Waals surface area contributed by atoms with E-state index in [9.17, 15) is 4.79 Å². The van der Waals surface area contributed by atoms with E-state index in [1.54, 1.807) is 4.90 Å². The Morgan fingerprint density at radius 3 is 2.86 bits per heavy atom. The minimum atomic E-state index is 0.266. The van der Waals surface area contributed by atoms with E-state index in [2.05, 4.69) is 5.32 Å². The molecule has 3 nitrogen and oxygen atoms in total. The Morgan fingerprint density at radius 2 is 2.14 bits per heavy atom. The highest BCUT2D eigenvalue weighted by atomic mass is 16.2. The van der Waals surface area contributed by atoms with Crippen molar-refractivity contribution in [2.75, 3.05) is 27.2 Å². The number of carbonyl (C=O) groups is 1. The van der Waals surface area contributed by atoms with Crippen LogP contribution in [0.2, 0.25) is 0 Å². The molecule has 1 rings (SSSR count). The van der Waals surface area contributed by atoms with Crippen LogP contribution in [0.4, 0.5) is 0 Å². The van der Waals surface area contributed by atoms with Crippen LogP contribution >= 0.6 is 0 Å². The Balaban J connectivity index is 2.19. The standard InChI is InChI=1S/C11H22N2O/c1-13(2)11(14)6-5-10-4-3-8-12-9-7-10/h10,12H,3-9H2,1-2H3. The molecule has 1 amide bonds. The van der Waals surface area contributed by atoms with Crippen molar-refractivity contribution in [1.29, 1.82) is 0 Å². The molecule has 1 unspecified atom stereocenters. The number of hydrogen-bond donors (Lipinski definition) is 1. The van der Waals surface area contributed by atoms with Crippen molar-refractivity contribution in [2.24, 2.45) is 5.92 Å². The Kier molecular flexibility index (Phi) is 4.94. The Morgan fingerprint density at radius 1 is 1.36 bits per heavy atom. The molecule has 0 aromatic rings. The maximum absolute atomic E-state index is 11.4. The molecule has 1 fully saturated rings. The lowest BCUT2D eigenvalue weighted by Crippen LogP contribution is -2.22. The largest absolute Gasteiger partial charge is 0.349 e. The third-order valence-corrected chi connectivity index (χ3v) is 2.96. The van der Waals surface area contributed by atoms with Crippen molar-refractivity contribution in [3.8, 4) is 0 Å². The first kappa shape index (κ1) is 11.5. The lowest BCUT2D eigenvalue weighted by Gasteiger charge is -2.15. The Labute approximate surface area is 86.9 Å². The van der Waals surface area contributed by atoms with Crippen LogP contribution in [0.25, 0.3) is 0 Å². The van der Waals surface area contributed by atoms with Crippen LogP contribution in [0.3, 0.4) is 0 Å². The van der Waals surface area contributed by atoms with Crippen LogP contribution in [0.1, 0.15) is 32.1 Å². The van der Waals surface area contributed by atoms with E-state index in [-0.39, 0.29) is 5.91 Å². The first-order chi connectivity index (χ1) is 6.70. The smallest absolute Gasteiger partial charge is 0.222 e. The van der Waals surface area contributed by atoms with Gasteiger partial charge in [0.2, 0.25) is 5.91 Å². The van der Waals surface area contributed by atoms with E-state index in [1.165, 1.54) is 19.3 Å². The van der Waals surface area contributed by atoms with Crippen LogP contribution in [-0.2, 0) is 4.79 Å². The monoisotopic (exact) mass is 198 g/mol. The molecule has 0 aliphatic carbocycles. The van der Waals surface area contributed by atoms with Crippen molar-refractivity contribution in [3.05, 3.63) is 0 Å². The molecule has 82 valence electrons. The third kappa shape index (κ3) is 4.09. The molecule has 0 aromatic carbocycles. The summed E-state index contributed by atoms with van der Waals surface area (Å²) in [5.41, 5.74) is 0.